The molecule has 2 amide bonds. The van der Waals surface area contributed by atoms with E-state index in [1.54, 1.807) is 4.68 Å². The van der Waals surface area contributed by atoms with Crippen LogP contribution in [-0.4, -0.2) is 45.3 Å². The van der Waals surface area contributed by atoms with Crippen LogP contribution in [0.1, 0.15) is 51.0 Å². The van der Waals surface area contributed by atoms with Gasteiger partial charge in [-0.25, -0.2) is 4.79 Å². The minimum absolute atomic E-state index is 0.135. The molecule has 0 radical (unpaired) electrons. The Morgan fingerprint density at radius 2 is 1.84 bits per heavy atom. The quantitative estimate of drug-likeness (QED) is 0.618. The summed E-state index contributed by atoms with van der Waals surface area (Å²) in [5.41, 5.74) is 1.85. The zero-order chi connectivity index (χ0) is 19.1. The second-order valence-electron chi connectivity index (χ2n) is 6.79. The highest BCUT2D eigenvalue weighted by atomic mass is 16.4. The van der Waals surface area contributed by atoms with Gasteiger partial charge in [0.2, 0.25) is 11.8 Å². The van der Waals surface area contributed by atoms with Crippen molar-refractivity contribution in [1.82, 2.24) is 20.4 Å². The molecule has 140 valence electrons. The third kappa shape index (κ3) is 6.94. The van der Waals surface area contributed by atoms with Crippen LogP contribution in [0.3, 0.4) is 0 Å². The Morgan fingerprint density at radius 1 is 1.20 bits per heavy atom. The molecule has 0 saturated carbocycles. The lowest BCUT2D eigenvalue weighted by Gasteiger charge is -2.17. The van der Waals surface area contributed by atoms with Crippen molar-refractivity contribution < 1.29 is 19.5 Å². The van der Waals surface area contributed by atoms with E-state index in [2.05, 4.69) is 15.7 Å². The molecule has 0 aliphatic heterocycles. The lowest BCUT2D eigenvalue weighted by atomic mass is 10.0. The summed E-state index contributed by atoms with van der Waals surface area (Å²) in [5.74, 6) is -1.74. The van der Waals surface area contributed by atoms with Crippen molar-refractivity contribution in [2.75, 3.05) is 6.54 Å². The van der Waals surface area contributed by atoms with E-state index in [9.17, 15) is 14.4 Å². The van der Waals surface area contributed by atoms with Crippen LogP contribution in [0.2, 0.25) is 0 Å². The van der Waals surface area contributed by atoms with Crippen molar-refractivity contribution >= 4 is 17.8 Å². The second kappa shape index (κ2) is 9.19. The van der Waals surface area contributed by atoms with Gasteiger partial charge in [0, 0.05) is 12.1 Å². The van der Waals surface area contributed by atoms with E-state index < -0.39 is 17.9 Å². The number of carboxylic acids is 1. The van der Waals surface area contributed by atoms with E-state index in [1.807, 2.05) is 40.7 Å². The van der Waals surface area contributed by atoms with Gasteiger partial charge in [-0.15, -0.1) is 0 Å². The standard InChI is InChI=1S/C17H28N4O4/c1-10(2)6-14(17(24)25)19-16(23)9-18-15(22)8-13(5)21-12(4)7-11(3)20-21/h7,10,13-14H,6,8-9H2,1-5H3,(H,18,22)(H,19,23)(H,24,25)/t13?,14-/m0/s1. The number of aryl methyl sites for hydroxylation is 2. The summed E-state index contributed by atoms with van der Waals surface area (Å²) < 4.78 is 1.78. The maximum atomic E-state index is 12.0. The van der Waals surface area contributed by atoms with Gasteiger partial charge in [-0.05, 0) is 39.2 Å². The van der Waals surface area contributed by atoms with E-state index in [1.165, 1.54) is 0 Å². The fourth-order valence-corrected chi connectivity index (χ4v) is 2.64. The van der Waals surface area contributed by atoms with Crippen LogP contribution >= 0.6 is 0 Å². The topological polar surface area (TPSA) is 113 Å². The lowest BCUT2D eigenvalue weighted by Crippen LogP contribution is -2.46. The molecule has 1 heterocycles. The van der Waals surface area contributed by atoms with Gasteiger partial charge in [-0.2, -0.15) is 5.10 Å². The van der Waals surface area contributed by atoms with Gasteiger partial charge in [0.25, 0.3) is 0 Å². The molecule has 1 rings (SSSR count). The van der Waals surface area contributed by atoms with Crippen molar-refractivity contribution in [3.63, 3.8) is 0 Å². The summed E-state index contributed by atoms with van der Waals surface area (Å²) in [6.45, 7) is 9.19. The molecule has 0 aliphatic rings. The van der Waals surface area contributed by atoms with Gasteiger partial charge in [0.05, 0.1) is 18.3 Å². The van der Waals surface area contributed by atoms with Gasteiger partial charge in [-0.3, -0.25) is 14.3 Å². The van der Waals surface area contributed by atoms with Crippen molar-refractivity contribution in [3.05, 3.63) is 17.5 Å². The highest BCUT2D eigenvalue weighted by Gasteiger charge is 2.21. The Hall–Kier alpha value is -2.38. The van der Waals surface area contributed by atoms with Crippen LogP contribution in [0.15, 0.2) is 6.07 Å². The number of hydrogen-bond acceptors (Lipinski definition) is 4. The van der Waals surface area contributed by atoms with Crippen LogP contribution < -0.4 is 10.6 Å². The Labute approximate surface area is 148 Å². The minimum Gasteiger partial charge on any atom is -0.480 e. The van der Waals surface area contributed by atoms with Gasteiger partial charge in [-0.1, -0.05) is 13.8 Å². The van der Waals surface area contributed by atoms with Crippen molar-refractivity contribution in [1.29, 1.82) is 0 Å². The highest BCUT2D eigenvalue weighted by Crippen LogP contribution is 2.13. The summed E-state index contributed by atoms with van der Waals surface area (Å²) in [6.07, 6.45) is 0.521. The summed E-state index contributed by atoms with van der Waals surface area (Å²) >= 11 is 0. The van der Waals surface area contributed by atoms with Gasteiger partial charge in [0.1, 0.15) is 6.04 Å². The van der Waals surface area contributed by atoms with Crippen LogP contribution in [0.4, 0.5) is 0 Å². The monoisotopic (exact) mass is 352 g/mol. The van der Waals surface area contributed by atoms with Gasteiger partial charge < -0.3 is 15.7 Å². The van der Waals surface area contributed by atoms with E-state index in [-0.39, 0.29) is 30.8 Å². The number of nitrogens with one attached hydrogen (secondary N) is 2. The number of nitrogens with zero attached hydrogens (tertiary/aromatic N) is 2. The van der Waals surface area contributed by atoms with E-state index in [4.69, 9.17) is 5.11 Å². The van der Waals surface area contributed by atoms with Crippen LogP contribution in [-0.2, 0) is 14.4 Å². The predicted octanol–water partition coefficient (Wildman–Crippen LogP) is 1.18. The lowest BCUT2D eigenvalue weighted by molar-refractivity contribution is -0.142. The number of carboxylic acid groups (broad SMARTS) is 1. The molecule has 8 nitrogen and oxygen atoms in total. The largest absolute Gasteiger partial charge is 0.480 e. The normalized spacial score (nSPS) is 13.4. The van der Waals surface area contributed by atoms with Crippen molar-refractivity contribution in [2.24, 2.45) is 5.92 Å². The van der Waals surface area contributed by atoms with E-state index in [0.717, 1.165) is 11.4 Å². The number of aliphatic carboxylic acids is 1. The maximum Gasteiger partial charge on any atom is 0.326 e. The minimum atomic E-state index is -1.08. The van der Waals surface area contributed by atoms with E-state index in [0.29, 0.717) is 6.42 Å². The molecule has 0 bridgehead atoms. The fraction of sp³-hybridized carbons (Fsp3) is 0.647. The first-order valence-corrected chi connectivity index (χ1v) is 8.41. The Balaban J connectivity index is 2.46. The Kier molecular flexibility index (Phi) is 7.60. The maximum absolute atomic E-state index is 12.0. The molecule has 1 aromatic heterocycles. The molecular formula is C17H28N4O4. The summed E-state index contributed by atoms with van der Waals surface area (Å²) in [7, 11) is 0. The zero-order valence-corrected chi connectivity index (χ0v) is 15.5. The molecule has 1 aromatic rings. The Morgan fingerprint density at radius 3 is 2.32 bits per heavy atom. The highest BCUT2D eigenvalue weighted by molar-refractivity contribution is 5.87. The first kappa shape index (κ1) is 20.7. The molecule has 1 unspecified atom stereocenters. The Bertz CT molecular complexity index is 624. The number of aromatic nitrogens is 2. The van der Waals surface area contributed by atoms with Crippen molar-refractivity contribution in [3.8, 4) is 0 Å². The van der Waals surface area contributed by atoms with Gasteiger partial charge >= 0.3 is 5.97 Å². The number of carbonyl (C=O) groups excluding carboxylic acids is 2. The van der Waals surface area contributed by atoms with E-state index >= 15 is 0 Å². The third-order valence-electron chi connectivity index (χ3n) is 3.73. The van der Waals surface area contributed by atoms with Crippen LogP contribution in [0.5, 0.6) is 0 Å². The molecule has 2 atom stereocenters. The average molecular weight is 352 g/mol. The SMILES string of the molecule is Cc1cc(C)n(C(C)CC(=O)NCC(=O)N[C@@H](CC(C)C)C(=O)O)n1. The predicted molar refractivity (Wildman–Crippen MR) is 93.1 cm³/mol. The summed E-state index contributed by atoms with van der Waals surface area (Å²) in [5, 5.41) is 18.4. The number of rotatable bonds is 9. The van der Waals surface area contributed by atoms with Crippen molar-refractivity contribution in [2.45, 2.75) is 59.5 Å². The molecule has 0 aromatic carbocycles. The van der Waals surface area contributed by atoms with Crippen LogP contribution in [0, 0.1) is 19.8 Å². The summed E-state index contributed by atoms with van der Waals surface area (Å²) in [4.78, 5) is 35.0. The molecule has 3 N–H and O–H groups in total. The smallest absolute Gasteiger partial charge is 0.326 e. The molecule has 0 aliphatic carbocycles. The van der Waals surface area contributed by atoms with Crippen LogP contribution in [0.25, 0.3) is 0 Å². The molecule has 0 spiro atoms. The first-order valence-electron chi connectivity index (χ1n) is 8.41. The average Bonchev–Trinajstić information content (AvgIpc) is 2.82. The zero-order valence-electron chi connectivity index (χ0n) is 15.5. The molecule has 0 fully saturated rings. The third-order valence-corrected chi connectivity index (χ3v) is 3.73. The number of carbonyl (C=O) groups is 3. The molecule has 8 heteroatoms. The summed E-state index contributed by atoms with van der Waals surface area (Å²) in [6, 6.07) is 0.852. The second-order valence-corrected chi connectivity index (χ2v) is 6.79. The molecular weight excluding hydrogens is 324 g/mol. The molecule has 0 saturated heterocycles. The number of hydrogen-bond donors (Lipinski definition) is 3. The fourth-order valence-electron chi connectivity index (χ4n) is 2.64. The van der Waals surface area contributed by atoms with Gasteiger partial charge in [0.15, 0.2) is 0 Å². The number of amides is 2. The molecule has 25 heavy (non-hydrogen) atoms. The first-order chi connectivity index (χ1) is 11.6.